The van der Waals surface area contributed by atoms with Gasteiger partial charge in [0.25, 0.3) is 0 Å². The Balaban J connectivity index is 2.74. The van der Waals surface area contributed by atoms with E-state index in [4.69, 9.17) is 4.74 Å². The molecule has 16 heavy (non-hydrogen) atoms. The minimum Gasteiger partial charge on any atom is -0.491 e. The number of benzene rings is 1. The number of halogens is 1. The largest absolute Gasteiger partial charge is 0.491 e. The highest BCUT2D eigenvalue weighted by atomic mass is 19.1. The predicted molar refractivity (Wildman–Crippen MR) is 58.8 cm³/mol. The van der Waals surface area contributed by atoms with Crippen molar-refractivity contribution in [1.29, 1.82) is 0 Å². The zero-order chi connectivity index (χ0) is 12.3. The van der Waals surface area contributed by atoms with Gasteiger partial charge in [-0.1, -0.05) is 0 Å². The van der Waals surface area contributed by atoms with Gasteiger partial charge >= 0.3 is 0 Å². The van der Waals surface area contributed by atoms with E-state index >= 15 is 0 Å². The van der Waals surface area contributed by atoms with Gasteiger partial charge in [-0.2, -0.15) is 0 Å². The first-order chi connectivity index (χ1) is 7.29. The van der Waals surface area contributed by atoms with E-state index in [9.17, 15) is 14.6 Å². The first kappa shape index (κ1) is 12.9. The molecule has 1 aromatic rings. The maximum absolute atomic E-state index is 13.4. The summed E-state index contributed by atoms with van der Waals surface area (Å²) in [5, 5.41) is 18.7. The molecule has 0 aliphatic carbocycles. The summed E-state index contributed by atoms with van der Waals surface area (Å²) in [5.41, 5.74) is -0.727. The molecule has 90 valence electrons. The highest BCUT2D eigenvalue weighted by molar-refractivity contribution is 5.30. The lowest BCUT2D eigenvalue weighted by molar-refractivity contribution is 0.0283. The maximum Gasteiger partial charge on any atom is 0.132 e. The Hall–Kier alpha value is -1.13. The molecule has 0 aromatic heterocycles. The average molecular weight is 228 g/mol. The van der Waals surface area contributed by atoms with E-state index in [-0.39, 0.29) is 12.2 Å². The van der Waals surface area contributed by atoms with Crippen molar-refractivity contribution in [1.82, 2.24) is 0 Å². The molecule has 0 saturated carbocycles. The molecule has 0 radical (unpaired) electrons. The molecule has 3 nitrogen and oxygen atoms in total. The smallest absolute Gasteiger partial charge is 0.132 e. The van der Waals surface area contributed by atoms with Crippen LogP contribution in [0.5, 0.6) is 5.75 Å². The Bertz CT molecular complexity index is 356. The third-order valence-corrected chi connectivity index (χ3v) is 2.01. The van der Waals surface area contributed by atoms with E-state index in [1.54, 1.807) is 19.9 Å². The van der Waals surface area contributed by atoms with Gasteiger partial charge in [0.1, 0.15) is 18.2 Å². The second kappa shape index (κ2) is 4.80. The number of hydrogen-bond donors (Lipinski definition) is 2. The lowest BCUT2D eigenvalue weighted by atomic mass is 10.1. The van der Waals surface area contributed by atoms with Crippen molar-refractivity contribution in [3.8, 4) is 5.75 Å². The van der Waals surface area contributed by atoms with Crippen molar-refractivity contribution >= 4 is 0 Å². The van der Waals surface area contributed by atoms with Crippen LogP contribution in [-0.2, 0) is 0 Å². The van der Waals surface area contributed by atoms with Crippen LogP contribution in [0.4, 0.5) is 4.39 Å². The number of rotatable bonds is 4. The number of hydrogen-bond acceptors (Lipinski definition) is 3. The number of ether oxygens (including phenoxy) is 1. The first-order valence-corrected chi connectivity index (χ1v) is 5.12. The summed E-state index contributed by atoms with van der Waals surface area (Å²) in [6.45, 7) is 4.79. The van der Waals surface area contributed by atoms with Gasteiger partial charge in [0.2, 0.25) is 0 Å². The summed E-state index contributed by atoms with van der Waals surface area (Å²) in [6.07, 6.45) is -0.844. The van der Waals surface area contributed by atoms with Crippen molar-refractivity contribution in [2.45, 2.75) is 32.5 Å². The average Bonchev–Trinajstić information content (AvgIpc) is 2.13. The van der Waals surface area contributed by atoms with Crippen LogP contribution in [0.1, 0.15) is 32.4 Å². The number of aliphatic hydroxyl groups excluding tert-OH is 1. The van der Waals surface area contributed by atoms with Gasteiger partial charge in [0, 0.05) is 11.6 Å². The molecule has 1 rings (SSSR count). The van der Waals surface area contributed by atoms with Crippen LogP contribution in [0.2, 0.25) is 0 Å². The van der Waals surface area contributed by atoms with Crippen LogP contribution in [0.15, 0.2) is 18.2 Å². The minimum absolute atomic E-state index is 0.0838. The lowest BCUT2D eigenvalue weighted by Crippen LogP contribution is -2.27. The summed E-state index contributed by atoms with van der Waals surface area (Å²) in [7, 11) is 0. The predicted octanol–water partition coefficient (Wildman–Crippen LogP) is 2.03. The van der Waals surface area contributed by atoms with E-state index in [0.717, 1.165) is 0 Å². The van der Waals surface area contributed by atoms with E-state index < -0.39 is 17.5 Å². The summed E-state index contributed by atoms with van der Waals surface area (Å²) >= 11 is 0. The second-order valence-electron chi connectivity index (χ2n) is 4.46. The molecule has 1 atom stereocenters. The standard InChI is InChI=1S/C12H17FO3/c1-8(14)10-5-4-9(6-11(10)13)16-7-12(2,3)15/h4-6,8,14-15H,7H2,1-3H3/t8-/m0/s1. The van der Waals surface area contributed by atoms with Crippen molar-refractivity contribution in [3.05, 3.63) is 29.6 Å². The minimum atomic E-state index is -0.959. The quantitative estimate of drug-likeness (QED) is 0.829. The molecule has 0 fully saturated rings. The lowest BCUT2D eigenvalue weighted by Gasteiger charge is -2.18. The molecule has 4 heteroatoms. The Morgan fingerprint density at radius 2 is 2.06 bits per heavy atom. The van der Waals surface area contributed by atoms with E-state index in [1.807, 2.05) is 0 Å². The molecule has 0 bridgehead atoms. The Morgan fingerprint density at radius 1 is 1.44 bits per heavy atom. The zero-order valence-corrected chi connectivity index (χ0v) is 9.70. The summed E-state index contributed by atoms with van der Waals surface area (Å²) in [4.78, 5) is 0. The molecule has 0 unspecified atom stereocenters. The molecule has 0 saturated heterocycles. The van der Waals surface area contributed by atoms with Gasteiger partial charge < -0.3 is 14.9 Å². The molecule has 2 N–H and O–H groups in total. The van der Waals surface area contributed by atoms with Gasteiger partial charge in [-0.3, -0.25) is 0 Å². The Kier molecular flexibility index (Phi) is 3.88. The monoisotopic (exact) mass is 228 g/mol. The van der Waals surface area contributed by atoms with Crippen LogP contribution in [0.25, 0.3) is 0 Å². The van der Waals surface area contributed by atoms with Crippen LogP contribution in [0, 0.1) is 5.82 Å². The van der Waals surface area contributed by atoms with Crippen LogP contribution in [0.3, 0.4) is 0 Å². The van der Waals surface area contributed by atoms with E-state index in [2.05, 4.69) is 0 Å². The zero-order valence-electron chi connectivity index (χ0n) is 9.70. The summed E-state index contributed by atoms with van der Waals surface area (Å²) in [6, 6.07) is 4.24. The van der Waals surface area contributed by atoms with Gasteiger partial charge in [-0.15, -0.1) is 0 Å². The van der Waals surface area contributed by atoms with Crippen LogP contribution in [-0.4, -0.2) is 22.4 Å². The van der Waals surface area contributed by atoms with Crippen molar-refractivity contribution < 1.29 is 19.3 Å². The first-order valence-electron chi connectivity index (χ1n) is 5.12. The fourth-order valence-corrected chi connectivity index (χ4v) is 1.20. The second-order valence-corrected chi connectivity index (χ2v) is 4.46. The highest BCUT2D eigenvalue weighted by Gasteiger charge is 2.14. The van der Waals surface area contributed by atoms with E-state index in [1.165, 1.54) is 19.1 Å². The van der Waals surface area contributed by atoms with Gasteiger partial charge in [0.05, 0.1) is 11.7 Å². The fourth-order valence-electron chi connectivity index (χ4n) is 1.20. The Morgan fingerprint density at radius 3 is 2.50 bits per heavy atom. The van der Waals surface area contributed by atoms with Gasteiger partial charge in [-0.05, 0) is 32.9 Å². The normalized spacial score (nSPS) is 13.6. The highest BCUT2D eigenvalue weighted by Crippen LogP contribution is 2.22. The molecule has 0 spiro atoms. The molecule has 0 amide bonds. The topological polar surface area (TPSA) is 49.7 Å². The summed E-state index contributed by atoms with van der Waals surface area (Å²) in [5.74, 6) is -0.174. The molecule has 0 heterocycles. The van der Waals surface area contributed by atoms with Crippen molar-refractivity contribution in [3.63, 3.8) is 0 Å². The maximum atomic E-state index is 13.4. The van der Waals surface area contributed by atoms with Gasteiger partial charge in [-0.25, -0.2) is 4.39 Å². The third-order valence-electron chi connectivity index (χ3n) is 2.01. The molecule has 1 aromatic carbocycles. The van der Waals surface area contributed by atoms with Crippen LogP contribution < -0.4 is 4.74 Å². The van der Waals surface area contributed by atoms with Crippen molar-refractivity contribution in [2.24, 2.45) is 0 Å². The molecule has 0 aliphatic rings. The molecule has 0 aliphatic heterocycles. The number of aliphatic hydroxyl groups is 2. The van der Waals surface area contributed by atoms with Gasteiger partial charge in [0.15, 0.2) is 0 Å². The summed E-state index contributed by atoms with van der Waals surface area (Å²) < 4.78 is 18.6. The molecular formula is C12H17FO3. The van der Waals surface area contributed by atoms with Crippen molar-refractivity contribution in [2.75, 3.05) is 6.61 Å². The van der Waals surface area contributed by atoms with E-state index in [0.29, 0.717) is 5.75 Å². The Labute approximate surface area is 94.5 Å². The fraction of sp³-hybridized carbons (Fsp3) is 0.500. The SMILES string of the molecule is C[C@H](O)c1ccc(OCC(C)(C)O)cc1F. The molecular weight excluding hydrogens is 211 g/mol. The third kappa shape index (κ3) is 3.79. The van der Waals surface area contributed by atoms with Crippen LogP contribution >= 0.6 is 0 Å².